The highest BCUT2D eigenvalue weighted by molar-refractivity contribution is 7.89. The summed E-state index contributed by atoms with van der Waals surface area (Å²) >= 11 is 0. The van der Waals surface area contributed by atoms with Gasteiger partial charge in [0.25, 0.3) is 0 Å². The number of nitrogens with one attached hydrogen (secondary N) is 2. The molecule has 0 aromatic carbocycles. The molecule has 1 heterocycles. The largest absolute Gasteiger partial charge is 0.281 e. The minimum Gasteiger partial charge on any atom is -0.281 e. The van der Waals surface area contributed by atoms with Crippen LogP contribution in [0.15, 0.2) is 11.1 Å². The number of aromatic nitrogens is 2. The van der Waals surface area contributed by atoms with Gasteiger partial charge in [-0.1, -0.05) is 19.8 Å². The van der Waals surface area contributed by atoms with Crippen LogP contribution in [0.2, 0.25) is 0 Å². The molecular formula is C11H19N3O2S. The minimum atomic E-state index is -3.40. The highest BCUT2D eigenvalue weighted by Gasteiger charge is 2.26. The van der Waals surface area contributed by atoms with Crippen LogP contribution in [0.1, 0.15) is 31.9 Å². The van der Waals surface area contributed by atoms with Gasteiger partial charge in [-0.3, -0.25) is 5.10 Å². The van der Waals surface area contributed by atoms with Crippen LogP contribution in [0.4, 0.5) is 0 Å². The van der Waals surface area contributed by atoms with Gasteiger partial charge in [-0.25, -0.2) is 13.1 Å². The summed E-state index contributed by atoms with van der Waals surface area (Å²) < 4.78 is 26.7. The highest BCUT2D eigenvalue weighted by Crippen LogP contribution is 2.30. The molecular weight excluding hydrogens is 238 g/mol. The van der Waals surface area contributed by atoms with Gasteiger partial charge in [0, 0.05) is 6.54 Å². The van der Waals surface area contributed by atoms with Crippen LogP contribution in [0.5, 0.6) is 0 Å². The third-order valence-corrected chi connectivity index (χ3v) is 5.19. The second-order valence-electron chi connectivity index (χ2n) is 4.88. The molecule has 1 fully saturated rings. The Balaban J connectivity index is 2.01. The molecule has 1 aliphatic rings. The van der Waals surface area contributed by atoms with Crippen molar-refractivity contribution in [3.8, 4) is 0 Å². The molecule has 0 amide bonds. The quantitative estimate of drug-likeness (QED) is 0.857. The van der Waals surface area contributed by atoms with E-state index in [0.717, 1.165) is 6.42 Å². The van der Waals surface area contributed by atoms with E-state index in [1.54, 1.807) is 6.92 Å². The van der Waals surface area contributed by atoms with Crippen LogP contribution >= 0.6 is 0 Å². The van der Waals surface area contributed by atoms with Gasteiger partial charge >= 0.3 is 0 Å². The molecule has 17 heavy (non-hydrogen) atoms. The number of hydrogen-bond donors (Lipinski definition) is 2. The minimum absolute atomic E-state index is 0.253. The Kier molecular flexibility index (Phi) is 3.53. The highest BCUT2D eigenvalue weighted by atomic mass is 32.2. The molecule has 0 spiro atoms. The number of sulfonamides is 1. The summed E-state index contributed by atoms with van der Waals surface area (Å²) in [5.74, 6) is 1.08. The van der Waals surface area contributed by atoms with Gasteiger partial charge in [0.2, 0.25) is 10.0 Å². The molecule has 0 radical (unpaired) electrons. The molecule has 1 aromatic rings. The number of aryl methyl sites for hydroxylation is 1. The van der Waals surface area contributed by atoms with Gasteiger partial charge in [0.15, 0.2) is 0 Å². The van der Waals surface area contributed by atoms with Crippen molar-refractivity contribution >= 4 is 10.0 Å². The smallest absolute Gasteiger partial charge is 0.243 e. The first-order valence-electron chi connectivity index (χ1n) is 6.00. The van der Waals surface area contributed by atoms with Crippen LogP contribution in [0, 0.1) is 18.8 Å². The summed E-state index contributed by atoms with van der Waals surface area (Å²) in [6.45, 7) is 4.43. The number of H-pyrrole nitrogens is 1. The monoisotopic (exact) mass is 257 g/mol. The second kappa shape index (κ2) is 4.78. The molecule has 2 atom stereocenters. The molecule has 96 valence electrons. The third-order valence-electron chi connectivity index (χ3n) is 3.65. The zero-order valence-corrected chi connectivity index (χ0v) is 11.0. The van der Waals surface area contributed by atoms with Crippen molar-refractivity contribution in [2.45, 2.75) is 38.0 Å². The molecule has 0 aliphatic heterocycles. The first-order valence-corrected chi connectivity index (χ1v) is 7.48. The molecule has 1 saturated carbocycles. The van der Waals surface area contributed by atoms with Crippen LogP contribution in [-0.2, 0) is 10.0 Å². The van der Waals surface area contributed by atoms with Gasteiger partial charge in [0.05, 0.1) is 11.9 Å². The van der Waals surface area contributed by atoms with Gasteiger partial charge in [0.1, 0.15) is 4.90 Å². The average molecular weight is 257 g/mol. The Morgan fingerprint density at radius 3 is 2.82 bits per heavy atom. The van der Waals surface area contributed by atoms with E-state index < -0.39 is 10.0 Å². The van der Waals surface area contributed by atoms with E-state index in [1.807, 2.05) is 0 Å². The van der Waals surface area contributed by atoms with E-state index in [2.05, 4.69) is 21.8 Å². The molecule has 1 aromatic heterocycles. The molecule has 1 aliphatic carbocycles. The summed E-state index contributed by atoms with van der Waals surface area (Å²) in [6.07, 6.45) is 4.89. The van der Waals surface area contributed by atoms with Crippen LogP contribution in [-0.4, -0.2) is 25.2 Å². The zero-order valence-electron chi connectivity index (χ0n) is 10.2. The normalized spacial score (nSPS) is 25.3. The number of rotatable bonds is 4. The lowest BCUT2D eigenvalue weighted by Crippen LogP contribution is -2.30. The SMILES string of the molecule is Cc1[nH]ncc1S(=O)(=O)NCC1CCCC1C. The van der Waals surface area contributed by atoms with E-state index in [-0.39, 0.29) is 4.90 Å². The fourth-order valence-electron chi connectivity index (χ4n) is 2.43. The topological polar surface area (TPSA) is 74.8 Å². The second-order valence-corrected chi connectivity index (χ2v) is 6.61. The summed E-state index contributed by atoms with van der Waals surface area (Å²) in [4.78, 5) is 0.253. The summed E-state index contributed by atoms with van der Waals surface area (Å²) in [5.41, 5.74) is 0.581. The van der Waals surface area contributed by atoms with Crippen molar-refractivity contribution in [1.82, 2.24) is 14.9 Å². The Labute approximate surface area is 102 Å². The molecule has 6 heteroatoms. The number of aromatic amines is 1. The molecule has 0 saturated heterocycles. The zero-order chi connectivity index (χ0) is 12.5. The van der Waals surface area contributed by atoms with Crippen LogP contribution in [0.3, 0.4) is 0 Å². The molecule has 2 unspecified atom stereocenters. The van der Waals surface area contributed by atoms with Crippen molar-refractivity contribution in [2.24, 2.45) is 11.8 Å². The van der Waals surface area contributed by atoms with Crippen molar-refractivity contribution in [3.05, 3.63) is 11.9 Å². The maximum absolute atomic E-state index is 12.0. The van der Waals surface area contributed by atoms with Crippen LogP contribution in [0.25, 0.3) is 0 Å². The lowest BCUT2D eigenvalue weighted by Gasteiger charge is -2.15. The van der Waals surface area contributed by atoms with Crippen LogP contribution < -0.4 is 4.72 Å². The van der Waals surface area contributed by atoms with Gasteiger partial charge < -0.3 is 0 Å². The summed E-state index contributed by atoms with van der Waals surface area (Å²) in [7, 11) is -3.40. The fraction of sp³-hybridized carbons (Fsp3) is 0.727. The standard InChI is InChI=1S/C11H19N3O2S/c1-8-4-3-5-10(8)6-13-17(15,16)11-7-12-14-9(11)2/h7-8,10,13H,3-6H2,1-2H3,(H,12,14). The lowest BCUT2D eigenvalue weighted by molar-refractivity contribution is 0.414. The number of hydrogen-bond acceptors (Lipinski definition) is 3. The fourth-order valence-corrected chi connectivity index (χ4v) is 3.66. The van der Waals surface area contributed by atoms with E-state index >= 15 is 0 Å². The third kappa shape index (κ3) is 2.69. The van der Waals surface area contributed by atoms with E-state index in [4.69, 9.17) is 0 Å². The molecule has 0 bridgehead atoms. The van der Waals surface area contributed by atoms with Crippen molar-refractivity contribution in [3.63, 3.8) is 0 Å². The molecule has 2 rings (SSSR count). The summed E-state index contributed by atoms with van der Waals surface area (Å²) in [6, 6.07) is 0. The van der Waals surface area contributed by atoms with Gasteiger partial charge in [-0.2, -0.15) is 5.10 Å². The predicted molar refractivity (Wildman–Crippen MR) is 65.0 cm³/mol. The Morgan fingerprint density at radius 1 is 1.53 bits per heavy atom. The Bertz CT molecular complexity index is 481. The summed E-state index contributed by atoms with van der Waals surface area (Å²) in [5, 5.41) is 6.38. The van der Waals surface area contributed by atoms with Gasteiger partial charge in [-0.15, -0.1) is 0 Å². The number of nitrogens with zero attached hydrogens (tertiary/aromatic N) is 1. The van der Waals surface area contributed by atoms with E-state index in [9.17, 15) is 8.42 Å². The van der Waals surface area contributed by atoms with Crippen molar-refractivity contribution < 1.29 is 8.42 Å². The lowest BCUT2D eigenvalue weighted by atomic mass is 9.99. The molecule has 2 N–H and O–H groups in total. The van der Waals surface area contributed by atoms with E-state index in [0.29, 0.717) is 24.1 Å². The average Bonchev–Trinajstić information content (AvgIpc) is 2.85. The first-order chi connectivity index (χ1) is 8.00. The maximum atomic E-state index is 12.0. The molecule has 5 nitrogen and oxygen atoms in total. The maximum Gasteiger partial charge on any atom is 0.243 e. The van der Waals surface area contributed by atoms with Crippen molar-refractivity contribution in [2.75, 3.05) is 6.54 Å². The predicted octanol–water partition coefficient (Wildman–Crippen LogP) is 1.43. The first kappa shape index (κ1) is 12.6. The Hall–Kier alpha value is -0.880. The van der Waals surface area contributed by atoms with Gasteiger partial charge in [-0.05, 0) is 25.2 Å². The van der Waals surface area contributed by atoms with Crippen molar-refractivity contribution in [1.29, 1.82) is 0 Å². The van der Waals surface area contributed by atoms with E-state index in [1.165, 1.54) is 19.0 Å². The Morgan fingerprint density at radius 2 is 2.29 bits per heavy atom.